The molecule has 0 bridgehead atoms. The van der Waals surface area contributed by atoms with Crippen molar-refractivity contribution >= 4 is 11.5 Å². The number of aromatic nitrogens is 1. The molecule has 1 rings (SSSR count). The first-order chi connectivity index (χ1) is 4.84. The molecular formula is C7H10N2S. The van der Waals surface area contributed by atoms with Crippen LogP contribution in [0.3, 0.4) is 0 Å². The highest BCUT2D eigenvalue weighted by atomic mass is 32.1. The van der Waals surface area contributed by atoms with Gasteiger partial charge < -0.3 is 5.73 Å². The smallest absolute Gasteiger partial charge is 0.0712 e. The maximum absolute atomic E-state index is 5.72. The number of hydrogen-bond acceptors (Lipinski definition) is 3. The fraction of sp³-hybridized carbons (Fsp3) is 0.286. The highest BCUT2D eigenvalue weighted by Crippen LogP contribution is 2.12. The second-order valence-electron chi connectivity index (χ2n) is 2.06. The molecule has 0 aliphatic rings. The average molecular weight is 154 g/mol. The van der Waals surface area contributed by atoms with Gasteiger partial charge in [-0.25, -0.2) is 0 Å². The Hall–Kier alpha value is -0.670. The zero-order valence-electron chi connectivity index (χ0n) is 5.66. The number of nitrogens with zero attached hydrogens (tertiary/aromatic N) is 1. The second kappa shape index (κ2) is 3.49. The van der Waals surface area contributed by atoms with Crippen LogP contribution in [-0.2, 0) is 0 Å². The van der Waals surface area contributed by atoms with Crippen molar-refractivity contribution in [1.29, 1.82) is 0 Å². The van der Waals surface area contributed by atoms with Gasteiger partial charge in [-0.1, -0.05) is 6.08 Å². The van der Waals surface area contributed by atoms with Gasteiger partial charge in [0.25, 0.3) is 0 Å². The summed E-state index contributed by atoms with van der Waals surface area (Å²) in [5.41, 5.74) is 6.69. The van der Waals surface area contributed by atoms with E-state index in [-0.39, 0.29) is 6.04 Å². The predicted octanol–water partition coefficient (Wildman–Crippen LogP) is 1.72. The van der Waals surface area contributed by atoms with Crippen LogP contribution in [0.2, 0.25) is 0 Å². The lowest BCUT2D eigenvalue weighted by Crippen LogP contribution is -2.08. The van der Waals surface area contributed by atoms with E-state index in [0.29, 0.717) is 0 Å². The van der Waals surface area contributed by atoms with Gasteiger partial charge in [0, 0.05) is 5.38 Å². The van der Waals surface area contributed by atoms with Crippen molar-refractivity contribution in [3.8, 4) is 0 Å². The molecule has 1 atom stereocenters. The second-order valence-corrected chi connectivity index (χ2v) is 2.72. The molecule has 2 nitrogen and oxygen atoms in total. The van der Waals surface area contributed by atoms with E-state index in [1.165, 1.54) is 11.5 Å². The van der Waals surface area contributed by atoms with Gasteiger partial charge in [0.15, 0.2) is 0 Å². The summed E-state index contributed by atoms with van der Waals surface area (Å²) in [6.07, 6.45) is 2.60. The monoisotopic (exact) mass is 154 g/mol. The lowest BCUT2D eigenvalue weighted by Gasteiger charge is -2.02. The molecule has 0 saturated carbocycles. The van der Waals surface area contributed by atoms with Crippen molar-refractivity contribution in [1.82, 2.24) is 4.37 Å². The van der Waals surface area contributed by atoms with E-state index in [1.807, 2.05) is 17.5 Å². The van der Waals surface area contributed by atoms with Gasteiger partial charge in [0.2, 0.25) is 0 Å². The minimum absolute atomic E-state index is 0.0312. The molecule has 0 aromatic carbocycles. The number of hydrogen-bond donors (Lipinski definition) is 1. The van der Waals surface area contributed by atoms with Crippen LogP contribution >= 0.6 is 11.5 Å². The summed E-state index contributed by atoms with van der Waals surface area (Å²) in [4.78, 5) is 0. The molecule has 1 unspecified atom stereocenters. The van der Waals surface area contributed by atoms with Crippen LogP contribution < -0.4 is 5.73 Å². The molecule has 0 aliphatic carbocycles. The molecule has 0 spiro atoms. The molecule has 2 N–H and O–H groups in total. The Morgan fingerprint density at radius 3 is 3.20 bits per heavy atom. The summed E-state index contributed by atoms with van der Waals surface area (Å²) in [6, 6.07) is 1.97. The van der Waals surface area contributed by atoms with E-state index in [2.05, 4.69) is 11.0 Å². The molecule has 0 saturated heterocycles. The van der Waals surface area contributed by atoms with Crippen molar-refractivity contribution < 1.29 is 0 Å². The minimum Gasteiger partial charge on any atom is -0.322 e. The zero-order valence-corrected chi connectivity index (χ0v) is 6.47. The lowest BCUT2D eigenvalue weighted by atomic mass is 10.1. The first-order valence-corrected chi connectivity index (χ1v) is 3.95. The first-order valence-electron chi connectivity index (χ1n) is 3.11. The third kappa shape index (κ3) is 1.65. The third-order valence-electron chi connectivity index (χ3n) is 1.26. The van der Waals surface area contributed by atoms with Crippen molar-refractivity contribution in [2.45, 2.75) is 12.5 Å². The summed E-state index contributed by atoms with van der Waals surface area (Å²) in [5, 5.41) is 1.93. The van der Waals surface area contributed by atoms with Crippen LogP contribution in [-0.4, -0.2) is 4.37 Å². The standard InChI is InChI=1S/C7H10N2S/c1-2-3-6(8)7-4-5-10-9-7/h2,4-6H,1,3,8H2. The molecule has 0 amide bonds. The predicted molar refractivity (Wildman–Crippen MR) is 43.9 cm³/mol. The molecule has 54 valence electrons. The quantitative estimate of drug-likeness (QED) is 0.673. The fourth-order valence-corrected chi connectivity index (χ4v) is 1.29. The molecule has 1 heterocycles. The van der Waals surface area contributed by atoms with E-state index in [0.717, 1.165) is 12.1 Å². The van der Waals surface area contributed by atoms with Crippen LogP contribution in [0.4, 0.5) is 0 Å². The van der Waals surface area contributed by atoms with Gasteiger partial charge in [-0.2, -0.15) is 4.37 Å². The Bertz CT molecular complexity index is 193. The van der Waals surface area contributed by atoms with Gasteiger partial charge in [-0.15, -0.1) is 6.58 Å². The molecule has 0 radical (unpaired) electrons. The zero-order chi connectivity index (χ0) is 7.40. The molecule has 0 fully saturated rings. The lowest BCUT2D eigenvalue weighted by molar-refractivity contribution is 0.724. The Labute approximate surface area is 64.5 Å². The van der Waals surface area contributed by atoms with Gasteiger partial charge in [0.1, 0.15) is 0 Å². The molecule has 0 aliphatic heterocycles. The van der Waals surface area contributed by atoms with Crippen LogP contribution in [0, 0.1) is 0 Å². The highest BCUT2D eigenvalue weighted by molar-refractivity contribution is 7.03. The largest absolute Gasteiger partial charge is 0.322 e. The first kappa shape index (κ1) is 7.44. The highest BCUT2D eigenvalue weighted by Gasteiger charge is 2.03. The summed E-state index contributed by atoms with van der Waals surface area (Å²) in [7, 11) is 0. The van der Waals surface area contributed by atoms with E-state index in [1.54, 1.807) is 0 Å². The van der Waals surface area contributed by atoms with Crippen LogP contribution in [0.1, 0.15) is 18.2 Å². The van der Waals surface area contributed by atoms with Crippen LogP contribution in [0.25, 0.3) is 0 Å². The molecule has 1 aromatic rings. The molecule has 3 heteroatoms. The van der Waals surface area contributed by atoms with Crippen molar-refractivity contribution in [3.05, 3.63) is 29.8 Å². The topological polar surface area (TPSA) is 38.9 Å². The minimum atomic E-state index is 0.0312. The SMILES string of the molecule is C=CCC(N)c1ccsn1. The third-order valence-corrected chi connectivity index (χ3v) is 1.83. The Morgan fingerprint density at radius 1 is 1.90 bits per heavy atom. The number of nitrogens with two attached hydrogens (primary N) is 1. The van der Waals surface area contributed by atoms with Gasteiger partial charge in [-0.3, -0.25) is 0 Å². The van der Waals surface area contributed by atoms with Gasteiger partial charge >= 0.3 is 0 Å². The summed E-state index contributed by atoms with van der Waals surface area (Å²) >= 11 is 1.43. The maximum Gasteiger partial charge on any atom is 0.0712 e. The van der Waals surface area contributed by atoms with Crippen molar-refractivity contribution in [2.24, 2.45) is 5.73 Å². The van der Waals surface area contributed by atoms with Crippen LogP contribution in [0.5, 0.6) is 0 Å². The van der Waals surface area contributed by atoms with E-state index >= 15 is 0 Å². The number of rotatable bonds is 3. The fourth-order valence-electron chi connectivity index (χ4n) is 0.713. The molecule has 1 aromatic heterocycles. The maximum atomic E-state index is 5.72. The van der Waals surface area contributed by atoms with E-state index in [4.69, 9.17) is 5.73 Å². The van der Waals surface area contributed by atoms with Crippen molar-refractivity contribution in [3.63, 3.8) is 0 Å². The van der Waals surface area contributed by atoms with E-state index < -0.39 is 0 Å². The van der Waals surface area contributed by atoms with Gasteiger partial charge in [0.05, 0.1) is 11.7 Å². The van der Waals surface area contributed by atoms with E-state index in [9.17, 15) is 0 Å². The Morgan fingerprint density at radius 2 is 2.70 bits per heavy atom. The Balaban J connectivity index is 2.58. The summed E-state index contributed by atoms with van der Waals surface area (Å²) in [6.45, 7) is 3.61. The van der Waals surface area contributed by atoms with Gasteiger partial charge in [-0.05, 0) is 24.0 Å². The normalized spacial score (nSPS) is 12.9. The van der Waals surface area contributed by atoms with Crippen molar-refractivity contribution in [2.75, 3.05) is 0 Å². The molecular weight excluding hydrogens is 144 g/mol. The van der Waals surface area contributed by atoms with Crippen LogP contribution in [0.15, 0.2) is 24.1 Å². The summed E-state index contributed by atoms with van der Waals surface area (Å²) < 4.78 is 4.10. The molecule has 10 heavy (non-hydrogen) atoms. The summed E-state index contributed by atoms with van der Waals surface area (Å²) in [5.74, 6) is 0. The Kier molecular flexibility index (Phi) is 2.59. The average Bonchev–Trinajstić information content (AvgIpc) is 2.38.